The van der Waals surface area contributed by atoms with Gasteiger partial charge in [0.2, 0.25) is 0 Å². The zero-order chi connectivity index (χ0) is 11.4. The van der Waals surface area contributed by atoms with Gasteiger partial charge in [0.1, 0.15) is 0 Å². The number of thioether (sulfide) groups is 1. The van der Waals surface area contributed by atoms with Gasteiger partial charge in [0.15, 0.2) is 0 Å². The van der Waals surface area contributed by atoms with Crippen LogP contribution in [-0.4, -0.2) is 16.1 Å². The van der Waals surface area contributed by atoms with E-state index in [1.165, 1.54) is 18.0 Å². The van der Waals surface area contributed by atoms with Gasteiger partial charge < -0.3 is 9.52 Å². The van der Waals surface area contributed by atoms with Crippen LogP contribution in [0.25, 0.3) is 0 Å². The van der Waals surface area contributed by atoms with Gasteiger partial charge in [-0.05, 0) is 18.2 Å². The molecule has 16 heavy (non-hydrogen) atoms. The molecule has 0 saturated heterocycles. The van der Waals surface area contributed by atoms with E-state index in [2.05, 4.69) is 4.98 Å². The van der Waals surface area contributed by atoms with Gasteiger partial charge in [-0.1, -0.05) is 0 Å². The van der Waals surface area contributed by atoms with Gasteiger partial charge in [-0.3, -0.25) is 0 Å². The summed E-state index contributed by atoms with van der Waals surface area (Å²) in [6.45, 7) is 0. The summed E-state index contributed by atoms with van der Waals surface area (Å²) >= 11 is 1.53. The third-order valence-electron chi connectivity index (χ3n) is 1.95. The minimum atomic E-state index is -0.959. The molecule has 1 N–H and O–H groups in total. The number of rotatable bonds is 4. The molecule has 0 saturated carbocycles. The Morgan fingerprint density at radius 2 is 2.31 bits per heavy atom. The maximum Gasteiger partial charge on any atom is 0.337 e. The molecule has 0 spiro atoms. The molecule has 0 atom stereocenters. The average molecular weight is 235 g/mol. The lowest BCUT2D eigenvalue weighted by Crippen LogP contribution is -1.96. The number of aromatic carboxylic acids is 1. The largest absolute Gasteiger partial charge is 0.478 e. The van der Waals surface area contributed by atoms with Crippen molar-refractivity contribution in [2.24, 2.45) is 0 Å². The smallest absolute Gasteiger partial charge is 0.337 e. The highest BCUT2D eigenvalue weighted by Gasteiger charge is 2.03. The molecule has 0 bridgehead atoms. The molecule has 0 aliphatic carbocycles. The molecule has 82 valence electrons. The molecule has 2 aromatic heterocycles. The lowest BCUT2D eigenvalue weighted by atomic mass is 10.3. The number of carboxylic acid groups (broad SMARTS) is 1. The van der Waals surface area contributed by atoms with Gasteiger partial charge >= 0.3 is 5.97 Å². The van der Waals surface area contributed by atoms with Crippen molar-refractivity contribution in [2.45, 2.75) is 10.8 Å². The van der Waals surface area contributed by atoms with Crippen molar-refractivity contribution < 1.29 is 14.3 Å². The predicted molar refractivity (Wildman–Crippen MR) is 59.5 cm³/mol. The Morgan fingerprint density at radius 1 is 1.44 bits per heavy atom. The van der Waals surface area contributed by atoms with Crippen LogP contribution in [0.5, 0.6) is 0 Å². The van der Waals surface area contributed by atoms with Crippen molar-refractivity contribution in [3.8, 4) is 0 Å². The van der Waals surface area contributed by atoms with Gasteiger partial charge in [-0.15, -0.1) is 11.8 Å². The van der Waals surface area contributed by atoms with Crippen LogP contribution < -0.4 is 0 Å². The molecule has 0 radical (unpaired) electrons. The summed E-state index contributed by atoms with van der Waals surface area (Å²) in [6.07, 6.45) is 4.66. The number of hydrogen-bond donors (Lipinski definition) is 1. The summed E-state index contributed by atoms with van der Waals surface area (Å²) in [5, 5.41) is 9.49. The number of aromatic nitrogens is 1. The van der Waals surface area contributed by atoms with E-state index in [4.69, 9.17) is 9.52 Å². The van der Waals surface area contributed by atoms with E-state index in [9.17, 15) is 4.79 Å². The van der Waals surface area contributed by atoms with Crippen LogP contribution in [0.15, 0.2) is 46.4 Å². The first kappa shape index (κ1) is 10.8. The zero-order valence-electron chi connectivity index (χ0n) is 8.29. The Kier molecular flexibility index (Phi) is 3.26. The molecular formula is C11H9NO3S. The van der Waals surface area contributed by atoms with Gasteiger partial charge in [0, 0.05) is 17.5 Å². The van der Waals surface area contributed by atoms with E-state index >= 15 is 0 Å². The molecule has 0 unspecified atom stereocenters. The van der Waals surface area contributed by atoms with Crippen LogP contribution in [0.2, 0.25) is 0 Å². The molecule has 0 fully saturated rings. The second kappa shape index (κ2) is 4.85. The zero-order valence-corrected chi connectivity index (χ0v) is 9.11. The van der Waals surface area contributed by atoms with Gasteiger partial charge in [-0.2, -0.15) is 0 Å². The maximum atomic E-state index is 10.6. The number of furan rings is 1. The number of pyridine rings is 1. The highest BCUT2D eigenvalue weighted by molar-refractivity contribution is 7.98. The number of carboxylic acids is 1. The highest BCUT2D eigenvalue weighted by atomic mass is 32.2. The fourth-order valence-electron chi connectivity index (χ4n) is 1.12. The molecule has 0 aromatic carbocycles. The minimum absolute atomic E-state index is 0.202. The first-order chi connectivity index (χ1) is 7.75. The average Bonchev–Trinajstić information content (AvgIpc) is 2.80. The quantitative estimate of drug-likeness (QED) is 0.825. The molecule has 2 rings (SSSR count). The third-order valence-corrected chi connectivity index (χ3v) is 2.97. The molecule has 0 amide bonds. The molecule has 4 nitrogen and oxygen atoms in total. The van der Waals surface area contributed by atoms with E-state index in [1.807, 2.05) is 6.07 Å². The summed E-state index contributed by atoms with van der Waals surface area (Å²) in [4.78, 5) is 14.6. The van der Waals surface area contributed by atoms with Gasteiger partial charge in [0.05, 0.1) is 23.1 Å². The van der Waals surface area contributed by atoms with Crippen molar-refractivity contribution in [2.75, 3.05) is 0 Å². The first-order valence-electron chi connectivity index (χ1n) is 4.59. The van der Waals surface area contributed by atoms with Crippen LogP contribution in [0.4, 0.5) is 0 Å². The van der Waals surface area contributed by atoms with Crippen molar-refractivity contribution in [1.29, 1.82) is 0 Å². The van der Waals surface area contributed by atoms with Crippen molar-refractivity contribution in [1.82, 2.24) is 4.98 Å². The standard InChI is InChI=1S/C11H9NO3S/c13-11(14)9-1-2-10(12-5-9)16-7-8-3-4-15-6-8/h1-6H,7H2,(H,13,14). The highest BCUT2D eigenvalue weighted by Crippen LogP contribution is 2.20. The van der Waals surface area contributed by atoms with Crippen LogP contribution in [0.3, 0.4) is 0 Å². The normalized spacial score (nSPS) is 10.2. The van der Waals surface area contributed by atoms with Gasteiger partial charge in [0.25, 0.3) is 0 Å². The van der Waals surface area contributed by atoms with Crippen LogP contribution in [0.1, 0.15) is 15.9 Å². The van der Waals surface area contributed by atoms with Crippen molar-refractivity contribution in [3.63, 3.8) is 0 Å². The first-order valence-corrected chi connectivity index (χ1v) is 5.57. The number of hydrogen-bond acceptors (Lipinski definition) is 4. The minimum Gasteiger partial charge on any atom is -0.478 e. The topological polar surface area (TPSA) is 63.3 Å². The lowest BCUT2D eigenvalue weighted by Gasteiger charge is -1.99. The second-order valence-corrected chi connectivity index (χ2v) is 4.11. The second-order valence-electron chi connectivity index (χ2n) is 3.11. The molecule has 0 aliphatic rings. The third kappa shape index (κ3) is 2.64. The summed E-state index contributed by atoms with van der Waals surface area (Å²) in [6, 6.07) is 5.14. The molecule has 2 aromatic rings. The Morgan fingerprint density at radius 3 is 2.88 bits per heavy atom. The van der Waals surface area contributed by atoms with E-state index in [1.54, 1.807) is 24.7 Å². The van der Waals surface area contributed by atoms with Crippen LogP contribution in [0, 0.1) is 0 Å². The number of nitrogens with zero attached hydrogens (tertiary/aromatic N) is 1. The summed E-state index contributed by atoms with van der Waals surface area (Å²) in [5.74, 6) is -0.200. The van der Waals surface area contributed by atoms with Crippen molar-refractivity contribution >= 4 is 17.7 Å². The molecule has 0 aliphatic heterocycles. The molecule has 5 heteroatoms. The van der Waals surface area contributed by atoms with E-state index < -0.39 is 5.97 Å². The van der Waals surface area contributed by atoms with Crippen LogP contribution in [-0.2, 0) is 5.75 Å². The monoisotopic (exact) mass is 235 g/mol. The van der Waals surface area contributed by atoms with Gasteiger partial charge in [-0.25, -0.2) is 9.78 Å². The summed E-state index contributed by atoms with van der Waals surface area (Å²) in [5.41, 5.74) is 1.28. The summed E-state index contributed by atoms with van der Waals surface area (Å²) in [7, 11) is 0. The fraction of sp³-hybridized carbons (Fsp3) is 0.0909. The Labute approximate surface area is 96.3 Å². The van der Waals surface area contributed by atoms with E-state index in [-0.39, 0.29) is 5.56 Å². The van der Waals surface area contributed by atoms with E-state index in [0.717, 1.165) is 16.3 Å². The lowest BCUT2D eigenvalue weighted by molar-refractivity contribution is 0.0696. The molecular weight excluding hydrogens is 226 g/mol. The SMILES string of the molecule is O=C(O)c1ccc(SCc2ccoc2)nc1. The maximum absolute atomic E-state index is 10.6. The summed E-state index contributed by atoms with van der Waals surface area (Å²) < 4.78 is 4.94. The number of carbonyl (C=O) groups is 1. The van der Waals surface area contributed by atoms with Crippen molar-refractivity contribution in [3.05, 3.63) is 48.0 Å². The van der Waals surface area contributed by atoms with Crippen LogP contribution >= 0.6 is 11.8 Å². The predicted octanol–water partition coefficient (Wildman–Crippen LogP) is 2.67. The Bertz CT molecular complexity index is 464. The Balaban J connectivity index is 1.98. The van der Waals surface area contributed by atoms with E-state index in [0.29, 0.717) is 0 Å². The molecule has 2 heterocycles. The fourth-order valence-corrected chi connectivity index (χ4v) is 1.89. The Hall–Kier alpha value is -1.75.